The van der Waals surface area contributed by atoms with Crippen molar-refractivity contribution in [2.24, 2.45) is 5.92 Å². The van der Waals surface area contributed by atoms with Crippen LogP contribution in [0.15, 0.2) is 53.6 Å². The van der Waals surface area contributed by atoms with E-state index >= 15 is 0 Å². The molecule has 0 aliphatic carbocycles. The van der Waals surface area contributed by atoms with Gasteiger partial charge in [0.1, 0.15) is 10.4 Å². The highest BCUT2D eigenvalue weighted by Crippen LogP contribution is 2.30. The lowest BCUT2D eigenvalue weighted by atomic mass is 9.84. The fraction of sp³-hybridized carbons (Fsp3) is 0.400. The minimum absolute atomic E-state index is 0.0450. The average Bonchev–Trinajstić information content (AvgIpc) is 2.78. The van der Waals surface area contributed by atoms with Crippen molar-refractivity contribution in [2.75, 3.05) is 17.8 Å². The zero-order chi connectivity index (χ0) is 24.5. The van der Waals surface area contributed by atoms with Crippen molar-refractivity contribution in [3.8, 4) is 0 Å². The van der Waals surface area contributed by atoms with Gasteiger partial charge >= 0.3 is 0 Å². The SMILES string of the molecule is Cc1cnc2cccc(S(=O)(=O)Nc3ccc(C(=O)N4CCC(O)(CC(C)C)CC4)cc3)c2n1. The number of likely N-dealkylation sites (tertiary alicyclic amines) is 1. The summed E-state index contributed by atoms with van der Waals surface area (Å²) in [6.45, 7) is 6.92. The van der Waals surface area contributed by atoms with Gasteiger partial charge in [-0.15, -0.1) is 0 Å². The molecule has 1 fully saturated rings. The summed E-state index contributed by atoms with van der Waals surface area (Å²) in [5.41, 5.74) is 1.54. The van der Waals surface area contributed by atoms with Crippen molar-refractivity contribution < 1.29 is 18.3 Å². The molecule has 180 valence electrons. The summed E-state index contributed by atoms with van der Waals surface area (Å²) in [5, 5.41) is 10.7. The van der Waals surface area contributed by atoms with Crippen LogP contribution < -0.4 is 4.72 Å². The molecule has 4 rings (SSSR count). The molecule has 2 aromatic carbocycles. The van der Waals surface area contributed by atoms with Crippen LogP contribution in [-0.4, -0.2) is 53.0 Å². The lowest BCUT2D eigenvalue weighted by Crippen LogP contribution is -2.47. The van der Waals surface area contributed by atoms with Crippen LogP contribution in [0.1, 0.15) is 49.2 Å². The monoisotopic (exact) mass is 482 g/mol. The van der Waals surface area contributed by atoms with Gasteiger partial charge in [0.25, 0.3) is 15.9 Å². The van der Waals surface area contributed by atoms with Gasteiger partial charge in [-0.25, -0.2) is 13.4 Å². The first-order valence-electron chi connectivity index (χ1n) is 11.4. The molecule has 0 unspecified atom stereocenters. The Hall–Kier alpha value is -3.04. The number of sulfonamides is 1. The maximum absolute atomic E-state index is 13.1. The van der Waals surface area contributed by atoms with Crippen LogP contribution in [0.5, 0.6) is 0 Å². The van der Waals surface area contributed by atoms with Gasteiger partial charge in [0.05, 0.1) is 16.8 Å². The first kappa shape index (κ1) is 24.1. The molecule has 34 heavy (non-hydrogen) atoms. The highest BCUT2D eigenvalue weighted by molar-refractivity contribution is 7.93. The second-order valence-corrected chi connectivity index (χ2v) is 11.1. The van der Waals surface area contributed by atoms with Crippen LogP contribution in [0.25, 0.3) is 11.0 Å². The number of benzene rings is 2. The molecule has 2 N–H and O–H groups in total. The third-order valence-corrected chi connectivity index (χ3v) is 7.51. The van der Waals surface area contributed by atoms with Crippen molar-refractivity contribution in [3.05, 3.63) is 59.9 Å². The van der Waals surface area contributed by atoms with Gasteiger partial charge in [-0.3, -0.25) is 14.5 Å². The quantitative estimate of drug-likeness (QED) is 0.553. The van der Waals surface area contributed by atoms with E-state index in [2.05, 4.69) is 28.5 Å². The molecule has 1 aliphatic rings. The van der Waals surface area contributed by atoms with Crippen molar-refractivity contribution in [2.45, 2.75) is 50.5 Å². The number of rotatable bonds is 6. The Morgan fingerprint density at radius 1 is 1.15 bits per heavy atom. The number of nitrogens with one attached hydrogen (secondary N) is 1. The Morgan fingerprint density at radius 2 is 1.82 bits per heavy atom. The smallest absolute Gasteiger partial charge is 0.264 e. The molecule has 1 amide bonds. The van der Waals surface area contributed by atoms with Crippen LogP contribution in [0.3, 0.4) is 0 Å². The number of aryl methyl sites for hydroxylation is 1. The van der Waals surface area contributed by atoms with E-state index in [1.807, 2.05) is 0 Å². The molecular weight excluding hydrogens is 452 g/mol. The van der Waals surface area contributed by atoms with Gasteiger partial charge in [0.15, 0.2) is 0 Å². The number of aliphatic hydroxyl groups is 1. The van der Waals surface area contributed by atoms with Gasteiger partial charge in [-0.05, 0) is 68.5 Å². The summed E-state index contributed by atoms with van der Waals surface area (Å²) in [6, 6.07) is 11.2. The lowest BCUT2D eigenvalue weighted by Gasteiger charge is -2.39. The molecular formula is C25H30N4O4S. The van der Waals surface area contributed by atoms with E-state index in [1.165, 1.54) is 6.07 Å². The Bertz CT molecular complexity index is 1300. The van der Waals surface area contributed by atoms with E-state index < -0.39 is 15.6 Å². The molecule has 9 heteroatoms. The normalized spacial score (nSPS) is 16.1. The van der Waals surface area contributed by atoms with Gasteiger partial charge in [0, 0.05) is 30.5 Å². The number of carbonyl (C=O) groups excluding carboxylic acids is 1. The molecule has 2 heterocycles. The topological polar surface area (TPSA) is 112 Å². The second kappa shape index (κ2) is 9.31. The summed E-state index contributed by atoms with van der Waals surface area (Å²) in [5.74, 6) is 0.273. The molecule has 3 aromatic rings. The molecule has 0 atom stereocenters. The molecule has 0 radical (unpaired) electrons. The number of hydrogen-bond donors (Lipinski definition) is 2. The van der Waals surface area contributed by atoms with Crippen molar-refractivity contribution >= 4 is 32.7 Å². The Morgan fingerprint density at radius 3 is 2.47 bits per heavy atom. The molecule has 1 saturated heterocycles. The fourth-order valence-electron chi connectivity index (χ4n) is 4.48. The highest BCUT2D eigenvalue weighted by atomic mass is 32.2. The maximum Gasteiger partial charge on any atom is 0.264 e. The van der Waals surface area contributed by atoms with Gasteiger partial charge < -0.3 is 10.0 Å². The number of fused-ring (bicyclic) bond motifs is 1. The maximum atomic E-state index is 13.1. The summed E-state index contributed by atoms with van der Waals surface area (Å²) in [6.07, 6.45) is 3.44. The molecule has 1 aliphatic heterocycles. The number of amides is 1. The lowest BCUT2D eigenvalue weighted by molar-refractivity contribution is -0.0311. The van der Waals surface area contributed by atoms with Crippen LogP contribution in [-0.2, 0) is 10.0 Å². The summed E-state index contributed by atoms with van der Waals surface area (Å²) in [7, 11) is -3.91. The van der Waals surface area contributed by atoms with Gasteiger partial charge in [0.2, 0.25) is 0 Å². The number of nitrogens with zero attached hydrogens (tertiary/aromatic N) is 3. The zero-order valence-corrected chi connectivity index (χ0v) is 20.5. The number of carbonyl (C=O) groups is 1. The van der Waals surface area contributed by atoms with Crippen molar-refractivity contribution in [1.29, 1.82) is 0 Å². The van der Waals surface area contributed by atoms with E-state index in [0.29, 0.717) is 59.8 Å². The zero-order valence-electron chi connectivity index (χ0n) is 19.7. The van der Waals surface area contributed by atoms with Gasteiger partial charge in [-0.1, -0.05) is 19.9 Å². The third kappa shape index (κ3) is 5.20. The molecule has 8 nitrogen and oxygen atoms in total. The third-order valence-electron chi connectivity index (χ3n) is 6.10. The first-order chi connectivity index (χ1) is 16.1. The van der Waals surface area contributed by atoms with Crippen LogP contribution in [0.4, 0.5) is 5.69 Å². The van der Waals surface area contributed by atoms with E-state index in [-0.39, 0.29) is 10.8 Å². The Kier molecular flexibility index (Phi) is 6.60. The largest absolute Gasteiger partial charge is 0.390 e. The van der Waals surface area contributed by atoms with Gasteiger partial charge in [-0.2, -0.15) is 0 Å². The highest BCUT2D eigenvalue weighted by Gasteiger charge is 2.34. The van der Waals surface area contributed by atoms with Crippen LogP contribution in [0, 0.1) is 12.8 Å². The molecule has 0 spiro atoms. The minimum atomic E-state index is -3.91. The second-order valence-electron chi connectivity index (χ2n) is 9.43. The number of anilines is 1. The summed E-state index contributed by atoms with van der Waals surface area (Å²) < 4.78 is 28.7. The first-order valence-corrected chi connectivity index (χ1v) is 12.9. The van der Waals surface area contributed by atoms with Crippen molar-refractivity contribution in [1.82, 2.24) is 14.9 Å². The number of para-hydroxylation sites is 1. The summed E-state index contributed by atoms with van der Waals surface area (Å²) in [4.78, 5) is 23.3. The van der Waals surface area contributed by atoms with E-state index in [4.69, 9.17) is 0 Å². The fourth-order valence-corrected chi connectivity index (χ4v) is 5.69. The van der Waals surface area contributed by atoms with E-state index in [0.717, 1.165) is 6.42 Å². The summed E-state index contributed by atoms with van der Waals surface area (Å²) >= 11 is 0. The molecule has 1 aromatic heterocycles. The van der Waals surface area contributed by atoms with E-state index in [1.54, 1.807) is 54.4 Å². The Balaban J connectivity index is 1.46. The molecule has 0 bridgehead atoms. The van der Waals surface area contributed by atoms with Crippen LogP contribution >= 0.6 is 0 Å². The number of piperidine rings is 1. The standard InChI is InChI=1S/C25H30N4O4S/c1-17(2)15-25(31)11-13-29(14-12-25)24(30)19-7-9-20(10-8-19)28-34(32,33)22-6-4-5-21-23(22)27-18(3)16-26-21/h4-10,16-17,28,31H,11-15H2,1-3H3. The number of aromatic nitrogens is 2. The van der Waals surface area contributed by atoms with Crippen molar-refractivity contribution in [3.63, 3.8) is 0 Å². The van der Waals surface area contributed by atoms with E-state index in [9.17, 15) is 18.3 Å². The minimum Gasteiger partial charge on any atom is -0.390 e. The predicted octanol–water partition coefficient (Wildman–Crippen LogP) is 3.75. The number of hydrogen-bond acceptors (Lipinski definition) is 6. The Labute approximate surface area is 200 Å². The average molecular weight is 483 g/mol. The predicted molar refractivity (Wildman–Crippen MR) is 131 cm³/mol. The van der Waals surface area contributed by atoms with Crippen LogP contribution in [0.2, 0.25) is 0 Å². The molecule has 0 saturated carbocycles.